The highest BCUT2D eigenvalue weighted by Gasteiger charge is 2.36. The Bertz CT molecular complexity index is 2090. The van der Waals surface area contributed by atoms with Crippen molar-refractivity contribution in [3.8, 4) is 17.2 Å². The molecule has 13 heteroatoms. The standard InChI is InChI=1S/C28H21F4N5O3S/c1-36-6-4-17(5-7-36)37-24-11-20(16-9-18(14-34-13-16)41(32,39)40)22(28(29,30)31)10-21(24)26(38)25-19-3-2-15(12-33)8-23(19)35-27(25)37/h2-3,8-11,13-14,17,35H,4-7H2,1H3. The summed E-state index contributed by atoms with van der Waals surface area (Å²) in [6, 6.07) is 9.36. The SMILES string of the molecule is CN1CCC(n2c3cc(-c4cncc(S(=O)(=O)F)c4)c(C(F)(F)F)cc3c(=O)c3c4ccc(C#N)cc4[nH]c32)CC1. The number of aromatic amines is 1. The molecule has 0 bridgehead atoms. The molecule has 41 heavy (non-hydrogen) atoms. The zero-order chi connectivity index (χ0) is 29.3. The summed E-state index contributed by atoms with van der Waals surface area (Å²) in [4.78, 5) is 22.1. The molecular formula is C28H21F4N5O3S. The number of halogens is 4. The molecule has 8 nitrogen and oxygen atoms in total. The van der Waals surface area contributed by atoms with Crippen LogP contribution >= 0.6 is 0 Å². The zero-order valence-corrected chi connectivity index (χ0v) is 22.3. The number of piperidine rings is 1. The van der Waals surface area contributed by atoms with Crippen LogP contribution in [0.2, 0.25) is 0 Å². The molecule has 0 aliphatic carbocycles. The monoisotopic (exact) mass is 583 g/mol. The Kier molecular flexibility index (Phi) is 6.16. The van der Waals surface area contributed by atoms with Crippen molar-refractivity contribution in [1.29, 1.82) is 5.26 Å². The molecule has 210 valence electrons. The molecule has 3 aromatic heterocycles. The first-order valence-corrected chi connectivity index (χ1v) is 14.0. The third-order valence-electron chi connectivity index (χ3n) is 7.68. The number of aromatic nitrogens is 3. The molecule has 0 radical (unpaired) electrons. The highest BCUT2D eigenvalue weighted by molar-refractivity contribution is 7.86. The van der Waals surface area contributed by atoms with E-state index < -0.39 is 37.9 Å². The Morgan fingerprint density at radius 1 is 1.07 bits per heavy atom. The first kappa shape index (κ1) is 26.9. The Hall–Kier alpha value is -4.28. The number of hydrogen-bond donors (Lipinski definition) is 1. The molecule has 4 heterocycles. The molecule has 0 unspecified atom stereocenters. The summed E-state index contributed by atoms with van der Waals surface area (Å²) >= 11 is 0. The fourth-order valence-corrected chi connectivity index (χ4v) is 6.15. The third kappa shape index (κ3) is 4.53. The number of benzene rings is 2. The van der Waals surface area contributed by atoms with Crippen molar-refractivity contribution in [2.24, 2.45) is 0 Å². The number of pyridine rings is 2. The van der Waals surface area contributed by atoms with Crippen LogP contribution < -0.4 is 5.43 Å². The molecule has 0 saturated carbocycles. The minimum Gasteiger partial charge on any atom is -0.340 e. The van der Waals surface area contributed by atoms with Gasteiger partial charge in [-0.05, 0) is 68.9 Å². The van der Waals surface area contributed by atoms with Crippen LogP contribution in [0.3, 0.4) is 0 Å². The maximum absolute atomic E-state index is 14.5. The van der Waals surface area contributed by atoms with E-state index >= 15 is 0 Å². The summed E-state index contributed by atoms with van der Waals surface area (Å²) in [7, 11) is -3.28. The minimum atomic E-state index is -5.24. The van der Waals surface area contributed by atoms with Gasteiger partial charge in [0.15, 0.2) is 5.43 Å². The molecule has 1 aliphatic rings. The van der Waals surface area contributed by atoms with Crippen molar-refractivity contribution in [2.45, 2.75) is 30.0 Å². The van der Waals surface area contributed by atoms with Gasteiger partial charge in [0.2, 0.25) is 0 Å². The molecular weight excluding hydrogens is 562 g/mol. The number of alkyl halides is 3. The molecule has 1 aliphatic heterocycles. The van der Waals surface area contributed by atoms with Gasteiger partial charge in [0.05, 0.1) is 28.1 Å². The van der Waals surface area contributed by atoms with E-state index in [1.54, 1.807) is 18.2 Å². The number of rotatable bonds is 3. The number of likely N-dealkylation sites (tertiary alicyclic amines) is 1. The van der Waals surface area contributed by atoms with Crippen molar-refractivity contribution in [3.05, 3.63) is 70.1 Å². The van der Waals surface area contributed by atoms with Crippen LogP contribution in [0.4, 0.5) is 17.1 Å². The molecule has 2 aromatic carbocycles. The Morgan fingerprint density at radius 2 is 1.80 bits per heavy atom. The van der Waals surface area contributed by atoms with Crippen molar-refractivity contribution < 1.29 is 25.5 Å². The summed E-state index contributed by atoms with van der Waals surface area (Å²) in [5, 5.41) is 9.90. The maximum Gasteiger partial charge on any atom is 0.417 e. The Balaban J connectivity index is 1.77. The predicted octanol–water partition coefficient (Wildman–Crippen LogP) is 5.51. The smallest absolute Gasteiger partial charge is 0.340 e. The zero-order valence-electron chi connectivity index (χ0n) is 21.5. The van der Waals surface area contributed by atoms with Crippen molar-refractivity contribution in [3.63, 3.8) is 0 Å². The van der Waals surface area contributed by atoms with E-state index in [9.17, 15) is 35.5 Å². The lowest BCUT2D eigenvalue weighted by Crippen LogP contribution is -2.32. The molecule has 5 aromatic rings. The number of hydrogen-bond acceptors (Lipinski definition) is 6. The summed E-state index contributed by atoms with van der Waals surface area (Å²) in [6.07, 6.45) is -1.90. The lowest BCUT2D eigenvalue weighted by Gasteiger charge is -2.32. The average Bonchev–Trinajstić information content (AvgIpc) is 3.31. The first-order valence-electron chi connectivity index (χ1n) is 12.6. The van der Waals surface area contributed by atoms with Crippen LogP contribution in [0, 0.1) is 11.3 Å². The van der Waals surface area contributed by atoms with Gasteiger partial charge in [-0.15, -0.1) is 3.89 Å². The van der Waals surface area contributed by atoms with E-state index in [0.717, 1.165) is 18.3 Å². The first-order chi connectivity index (χ1) is 19.4. The highest BCUT2D eigenvalue weighted by Crippen LogP contribution is 2.41. The number of nitrogens with zero attached hydrogens (tertiary/aromatic N) is 4. The van der Waals surface area contributed by atoms with Crippen molar-refractivity contribution in [1.82, 2.24) is 19.4 Å². The van der Waals surface area contributed by atoms with E-state index in [4.69, 9.17) is 0 Å². The van der Waals surface area contributed by atoms with Gasteiger partial charge in [0.1, 0.15) is 10.5 Å². The van der Waals surface area contributed by atoms with Gasteiger partial charge in [0, 0.05) is 40.3 Å². The van der Waals surface area contributed by atoms with Gasteiger partial charge in [0.25, 0.3) is 0 Å². The van der Waals surface area contributed by atoms with E-state index in [-0.39, 0.29) is 27.9 Å². The number of H-pyrrole nitrogens is 1. The largest absolute Gasteiger partial charge is 0.417 e. The van der Waals surface area contributed by atoms with Crippen LogP contribution in [0.15, 0.2) is 58.5 Å². The normalized spacial score (nSPS) is 15.6. The second-order valence-electron chi connectivity index (χ2n) is 10.2. The lowest BCUT2D eigenvalue weighted by molar-refractivity contribution is -0.137. The van der Waals surface area contributed by atoms with Crippen molar-refractivity contribution >= 4 is 43.1 Å². The number of nitrogens with one attached hydrogen (secondary N) is 1. The summed E-state index contributed by atoms with van der Waals surface area (Å²) < 4.78 is 82.0. The van der Waals surface area contributed by atoms with E-state index in [2.05, 4.69) is 14.9 Å². The van der Waals surface area contributed by atoms with Crippen molar-refractivity contribution in [2.75, 3.05) is 20.1 Å². The quantitative estimate of drug-likeness (QED) is 0.221. The Morgan fingerprint density at radius 3 is 2.46 bits per heavy atom. The van der Waals surface area contributed by atoms with Gasteiger partial charge in [-0.3, -0.25) is 9.78 Å². The van der Waals surface area contributed by atoms with Gasteiger partial charge in [-0.25, -0.2) is 0 Å². The minimum absolute atomic E-state index is 0.167. The van der Waals surface area contributed by atoms with Crippen LogP contribution in [-0.2, 0) is 16.4 Å². The Labute approximate surface area is 230 Å². The molecule has 1 N–H and O–H groups in total. The highest BCUT2D eigenvalue weighted by atomic mass is 32.3. The van der Waals surface area contributed by atoms with Crippen LogP contribution in [0.25, 0.3) is 44.0 Å². The van der Waals surface area contributed by atoms with E-state index in [1.165, 1.54) is 6.07 Å². The topological polar surface area (TPSA) is 112 Å². The fraction of sp³-hybridized carbons (Fsp3) is 0.250. The predicted molar refractivity (Wildman–Crippen MR) is 145 cm³/mol. The van der Waals surface area contributed by atoms with Crippen LogP contribution in [0.1, 0.15) is 30.0 Å². The molecule has 0 atom stereocenters. The molecule has 0 spiro atoms. The van der Waals surface area contributed by atoms with Gasteiger partial charge in [-0.2, -0.15) is 26.9 Å². The third-order valence-corrected chi connectivity index (χ3v) is 8.47. The van der Waals surface area contributed by atoms with E-state index in [0.29, 0.717) is 54.2 Å². The molecule has 0 amide bonds. The second kappa shape index (κ2) is 9.39. The molecule has 1 saturated heterocycles. The van der Waals surface area contributed by atoms with Gasteiger partial charge in [-0.1, -0.05) is 6.07 Å². The molecule has 1 fully saturated rings. The summed E-state index contributed by atoms with van der Waals surface area (Å²) in [5.74, 6) is 0. The summed E-state index contributed by atoms with van der Waals surface area (Å²) in [5.41, 5.74) is -1.05. The fourth-order valence-electron chi connectivity index (χ4n) is 5.69. The molecule has 6 rings (SSSR count). The van der Waals surface area contributed by atoms with Crippen LogP contribution in [0.5, 0.6) is 0 Å². The number of nitriles is 1. The number of fused-ring (bicyclic) bond motifs is 4. The summed E-state index contributed by atoms with van der Waals surface area (Å²) in [6.45, 7) is 1.43. The second-order valence-corrected chi connectivity index (χ2v) is 11.6. The average molecular weight is 584 g/mol. The maximum atomic E-state index is 14.5. The van der Waals surface area contributed by atoms with E-state index in [1.807, 2.05) is 17.7 Å². The lowest BCUT2D eigenvalue weighted by atomic mass is 9.95. The van der Waals surface area contributed by atoms with Gasteiger partial charge < -0.3 is 14.5 Å². The van der Waals surface area contributed by atoms with Crippen LogP contribution in [-0.4, -0.2) is 48.0 Å². The van der Waals surface area contributed by atoms with Gasteiger partial charge >= 0.3 is 16.4 Å².